The van der Waals surface area contributed by atoms with Gasteiger partial charge in [-0.1, -0.05) is 152 Å². The summed E-state index contributed by atoms with van der Waals surface area (Å²) in [6.07, 6.45) is 0. The van der Waals surface area contributed by atoms with Crippen molar-refractivity contribution in [3.63, 3.8) is 0 Å². The maximum Gasteiger partial charge on any atom is 0.164 e. The van der Waals surface area contributed by atoms with Crippen molar-refractivity contribution in [3.8, 4) is 67.5 Å². The maximum atomic E-state index is 6.31. The topological polar surface area (TPSA) is 65.0 Å². The number of hydrogen-bond acceptors (Lipinski definition) is 6. The van der Waals surface area contributed by atoms with Crippen LogP contribution in [-0.4, -0.2) is 15.0 Å². The van der Waals surface area contributed by atoms with Gasteiger partial charge in [-0.3, -0.25) is 0 Å². The maximum absolute atomic E-state index is 6.31. The van der Waals surface area contributed by atoms with Crippen LogP contribution in [0.5, 0.6) is 0 Å². The fourth-order valence-corrected chi connectivity index (χ4v) is 10.3. The molecule has 0 bridgehead atoms. The van der Waals surface area contributed by atoms with E-state index in [1.807, 2.05) is 72.0 Å². The third kappa shape index (κ3) is 5.95. The van der Waals surface area contributed by atoms with Crippen LogP contribution in [0.1, 0.15) is 0 Å². The lowest BCUT2D eigenvalue weighted by atomic mass is 9.96. The van der Waals surface area contributed by atoms with E-state index in [0.717, 1.165) is 82.8 Å². The van der Waals surface area contributed by atoms with Crippen LogP contribution in [0.3, 0.4) is 0 Å². The summed E-state index contributed by atoms with van der Waals surface area (Å²) in [5.74, 6) is 1.71. The Balaban J connectivity index is 0.903. The van der Waals surface area contributed by atoms with Crippen LogP contribution in [0, 0.1) is 0 Å². The molecule has 0 atom stereocenters. The average Bonchev–Trinajstić information content (AvgIpc) is 4.05. The molecule has 13 rings (SSSR count). The van der Waals surface area contributed by atoms with Crippen molar-refractivity contribution < 1.29 is 8.83 Å². The van der Waals surface area contributed by atoms with Crippen molar-refractivity contribution in [1.29, 1.82) is 0 Å². The number of nitrogens with zero attached hydrogens (tertiary/aromatic N) is 3. The second-order valence-electron chi connectivity index (χ2n) is 15.9. The van der Waals surface area contributed by atoms with Gasteiger partial charge in [0.15, 0.2) is 17.5 Å². The Morgan fingerprint density at radius 2 is 0.714 bits per heavy atom. The molecule has 0 unspecified atom stereocenters. The number of rotatable bonds is 6. The molecule has 0 N–H and O–H groups in total. The summed E-state index contributed by atoms with van der Waals surface area (Å²) in [5, 5.41) is 6.61. The Bertz CT molecular complexity index is 3800. The molecule has 0 saturated carbocycles. The van der Waals surface area contributed by atoms with Gasteiger partial charge in [-0.2, -0.15) is 0 Å². The zero-order valence-corrected chi connectivity index (χ0v) is 34.4. The molecule has 0 aliphatic heterocycles. The molecule has 5 nitrogen and oxygen atoms in total. The summed E-state index contributed by atoms with van der Waals surface area (Å²) in [7, 11) is 0. The lowest BCUT2D eigenvalue weighted by Gasteiger charge is -2.11. The van der Waals surface area contributed by atoms with Gasteiger partial charge >= 0.3 is 0 Å². The van der Waals surface area contributed by atoms with Gasteiger partial charge in [0.05, 0.1) is 0 Å². The molecule has 13 aromatic rings. The van der Waals surface area contributed by atoms with Crippen molar-refractivity contribution in [2.45, 2.75) is 0 Å². The fourth-order valence-electron chi connectivity index (χ4n) is 9.14. The highest BCUT2D eigenvalue weighted by molar-refractivity contribution is 7.25. The molecule has 63 heavy (non-hydrogen) atoms. The van der Waals surface area contributed by atoms with E-state index < -0.39 is 0 Å². The van der Waals surface area contributed by atoms with Crippen LogP contribution in [0.25, 0.3) is 132 Å². The SMILES string of the molecule is c1cc(-c2ccc(-c3ccc4c(c3)sc3ccccc34)cc2)cc(-c2cccc(-c3nc(-c4cccc5oc6ccccc6c45)nc(-c4cccc5oc6ccccc6c45)n3)c2)c1. The van der Waals surface area contributed by atoms with Gasteiger partial charge in [0.25, 0.3) is 0 Å². The summed E-state index contributed by atoms with van der Waals surface area (Å²) in [6, 6.07) is 69.9. The lowest BCUT2D eigenvalue weighted by Crippen LogP contribution is -2.01. The minimum absolute atomic E-state index is 0.566. The van der Waals surface area contributed by atoms with E-state index in [-0.39, 0.29) is 0 Å². The molecule has 0 amide bonds. The van der Waals surface area contributed by atoms with E-state index in [9.17, 15) is 0 Å². The van der Waals surface area contributed by atoms with Gasteiger partial charge in [-0.25, -0.2) is 15.0 Å². The van der Waals surface area contributed by atoms with Crippen molar-refractivity contribution in [2.75, 3.05) is 0 Å². The first-order chi connectivity index (χ1) is 31.2. The van der Waals surface area contributed by atoms with Gasteiger partial charge in [-0.05, 0) is 81.9 Å². The highest BCUT2D eigenvalue weighted by Gasteiger charge is 2.21. The third-order valence-electron chi connectivity index (χ3n) is 12.2. The zero-order chi connectivity index (χ0) is 41.4. The molecule has 0 radical (unpaired) electrons. The Labute approximate surface area is 365 Å². The van der Waals surface area contributed by atoms with E-state index in [1.165, 1.54) is 31.3 Å². The van der Waals surface area contributed by atoms with Crippen LogP contribution < -0.4 is 0 Å². The number of hydrogen-bond donors (Lipinski definition) is 0. The molecule has 0 spiro atoms. The Morgan fingerprint density at radius 3 is 1.33 bits per heavy atom. The van der Waals surface area contributed by atoms with Crippen LogP contribution >= 0.6 is 11.3 Å². The van der Waals surface area contributed by atoms with Crippen molar-refractivity contribution in [1.82, 2.24) is 15.0 Å². The molecule has 0 aliphatic carbocycles. The number of para-hydroxylation sites is 2. The highest BCUT2D eigenvalue weighted by Crippen LogP contribution is 2.41. The molecule has 0 fully saturated rings. The van der Waals surface area contributed by atoms with Gasteiger partial charge in [0.1, 0.15) is 22.3 Å². The van der Waals surface area contributed by atoms with Crippen LogP contribution in [-0.2, 0) is 0 Å². The second kappa shape index (κ2) is 14.2. The first-order valence-corrected chi connectivity index (χ1v) is 21.8. The first-order valence-electron chi connectivity index (χ1n) is 21.0. The van der Waals surface area contributed by atoms with Gasteiger partial charge in [0, 0.05) is 58.4 Å². The predicted molar refractivity (Wildman–Crippen MR) is 260 cm³/mol. The van der Waals surface area contributed by atoms with E-state index in [0.29, 0.717) is 17.5 Å². The Morgan fingerprint density at radius 1 is 0.286 bits per heavy atom. The van der Waals surface area contributed by atoms with E-state index in [4.69, 9.17) is 23.8 Å². The molecule has 0 aliphatic rings. The normalized spacial score (nSPS) is 11.8. The molecule has 294 valence electrons. The molecule has 0 saturated heterocycles. The molecular formula is C57H33N3O2S. The van der Waals surface area contributed by atoms with Gasteiger partial charge in [-0.15, -0.1) is 11.3 Å². The van der Waals surface area contributed by atoms with Gasteiger partial charge in [0.2, 0.25) is 0 Å². The monoisotopic (exact) mass is 823 g/mol. The quantitative estimate of drug-likeness (QED) is 0.167. The van der Waals surface area contributed by atoms with Crippen molar-refractivity contribution in [3.05, 3.63) is 200 Å². The molecule has 4 heterocycles. The van der Waals surface area contributed by atoms with Crippen LogP contribution in [0.15, 0.2) is 209 Å². The smallest absolute Gasteiger partial charge is 0.164 e. The Kier molecular flexibility index (Phi) is 8.01. The number of benzene rings is 9. The molecule has 6 heteroatoms. The number of furan rings is 2. The average molecular weight is 824 g/mol. The summed E-state index contributed by atoms with van der Waals surface area (Å²) >= 11 is 1.85. The van der Waals surface area contributed by atoms with E-state index in [1.54, 1.807) is 0 Å². The minimum atomic E-state index is 0.566. The predicted octanol–water partition coefficient (Wildman–Crippen LogP) is 16.0. The van der Waals surface area contributed by atoms with E-state index in [2.05, 4.69) is 140 Å². The zero-order valence-electron chi connectivity index (χ0n) is 33.6. The number of aromatic nitrogens is 3. The largest absolute Gasteiger partial charge is 0.456 e. The second-order valence-corrected chi connectivity index (χ2v) is 17.0. The Hall–Kier alpha value is -8.19. The van der Waals surface area contributed by atoms with Crippen LogP contribution in [0.2, 0.25) is 0 Å². The van der Waals surface area contributed by atoms with Gasteiger partial charge < -0.3 is 8.83 Å². The number of fused-ring (bicyclic) bond motifs is 9. The lowest BCUT2D eigenvalue weighted by molar-refractivity contribution is 0.668. The first kappa shape index (κ1) is 35.6. The highest BCUT2D eigenvalue weighted by atomic mass is 32.1. The van der Waals surface area contributed by atoms with Crippen LogP contribution in [0.4, 0.5) is 0 Å². The molecule has 9 aromatic carbocycles. The summed E-state index contributed by atoms with van der Waals surface area (Å²) in [4.78, 5) is 15.7. The fraction of sp³-hybridized carbons (Fsp3) is 0. The standard InChI is InChI=1S/C57H33N3O2S/c1-4-20-47-43(16-1)53-45(18-9-22-49(53)61-47)56-58-55(59-57(60-56)46-19-10-23-50-54(46)44-17-2-5-21-48(44)62-50)40-14-8-13-38(32-40)37-12-7-11-36(31-37)34-25-27-35(28-26-34)39-29-30-42-41-15-3-6-24-51(41)63-52(42)33-39/h1-33H. The molecule has 4 aromatic heterocycles. The van der Waals surface area contributed by atoms with Crippen molar-refractivity contribution >= 4 is 75.4 Å². The molecular weight excluding hydrogens is 791 g/mol. The summed E-state index contributed by atoms with van der Waals surface area (Å²) in [5.41, 5.74) is 12.7. The minimum Gasteiger partial charge on any atom is -0.456 e. The third-order valence-corrected chi connectivity index (χ3v) is 13.3. The summed E-state index contributed by atoms with van der Waals surface area (Å²) in [6.45, 7) is 0. The van der Waals surface area contributed by atoms with E-state index >= 15 is 0 Å². The number of thiophene rings is 1. The van der Waals surface area contributed by atoms with Crippen molar-refractivity contribution in [2.24, 2.45) is 0 Å². The summed E-state index contributed by atoms with van der Waals surface area (Å²) < 4.78 is 15.3.